The van der Waals surface area contributed by atoms with Gasteiger partial charge in [0.05, 0.1) is 18.6 Å². The molecule has 0 amide bonds. The van der Waals surface area contributed by atoms with Gasteiger partial charge in [-0.05, 0) is 33.9 Å². The first kappa shape index (κ1) is 15.2. The van der Waals surface area contributed by atoms with E-state index in [0.717, 1.165) is 26.3 Å². The normalized spacial score (nSPS) is 18.8. The van der Waals surface area contributed by atoms with Crippen molar-refractivity contribution in [2.45, 2.75) is 5.41 Å². The minimum Gasteiger partial charge on any atom is -0.378 e. The Morgan fingerprint density at radius 2 is 1.11 bits per heavy atom. The van der Waals surface area contributed by atoms with Crippen molar-refractivity contribution in [3.05, 3.63) is 101 Å². The number of nitrogens with zero attached hydrogens (tertiary/aromatic N) is 1. The third-order valence-corrected chi connectivity index (χ3v) is 6.33. The summed E-state index contributed by atoms with van der Waals surface area (Å²) in [6.07, 6.45) is 2.52. The van der Waals surface area contributed by atoms with Crippen molar-refractivity contribution < 1.29 is 4.74 Å². The van der Waals surface area contributed by atoms with Crippen molar-refractivity contribution >= 4 is 5.70 Å². The van der Waals surface area contributed by atoms with E-state index in [1.54, 1.807) is 0 Å². The Balaban J connectivity index is 1.68. The van der Waals surface area contributed by atoms with Gasteiger partial charge in [0, 0.05) is 24.4 Å². The Bertz CT molecular complexity index is 1030. The number of hydrogen-bond donors (Lipinski definition) is 0. The predicted molar refractivity (Wildman–Crippen MR) is 109 cm³/mol. The van der Waals surface area contributed by atoms with Gasteiger partial charge in [-0.1, -0.05) is 72.8 Å². The van der Waals surface area contributed by atoms with Gasteiger partial charge in [-0.3, -0.25) is 0 Å². The number of allylic oxidation sites excluding steroid dienone is 1. The molecule has 3 aromatic carbocycles. The summed E-state index contributed by atoms with van der Waals surface area (Å²) in [5.74, 6) is 0. The average Bonchev–Trinajstić information content (AvgIpc) is 3.24. The molecule has 2 aliphatic carbocycles. The second-order valence-electron chi connectivity index (χ2n) is 7.57. The van der Waals surface area contributed by atoms with Crippen LogP contribution < -0.4 is 0 Å². The third kappa shape index (κ3) is 1.94. The van der Waals surface area contributed by atoms with Crippen molar-refractivity contribution in [2.24, 2.45) is 0 Å². The van der Waals surface area contributed by atoms with Gasteiger partial charge < -0.3 is 9.64 Å². The molecule has 132 valence electrons. The van der Waals surface area contributed by atoms with Crippen LogP contribution in [0.15, 0.2) is 78.9 Å². The molecule has 0 aromatic heterocycles. The maximum atomic E-state index is 5.61. The third-order valence-electron chi connectivity index (χ3n) is 6.33. The molecular formula is C25H21NO. The van der Waals surface area contributed by atoms with Crippen molar-refractivity contribution in [1.29, 1.82) is 0 Å². The molecule has 3 aliphatic rings. The van der Waals surface area contributed by atoms with Gasteiger partial charge in [0.2, 0.25) is 0 Å². The fraction of sp³-hybridized carbons (Fsp3) is 0.200. The monoisotopic (exact) mass is 351 g/mol. The maximum absolute atomic E-state index is 5.61. The first-order valence-electron chi connectivity index (χ1n) is 9.74. The molecule has 6 rings (SSSR count). The fourth-order valence-corrected chi connectivity index (χ4v) is 5.19. The van der Waals surface area contributed by atoms with E-state index >= 15 is 0 Å². The quantitative estimate of drug-likeness (QED) is 0.631. The molecule has 2 heteroatoms. The highest BCUT2D eigenvalue weighted by molar-refractivity contribution is 5.91. The largest absolute Gasteiger partial charge is 0.378 e. The molecule has 2 nitrogen and oxygen atoms in total. The molecule has 0 atom stereocenters. The molecule has 3 aromatic rings. The van der Waals surface area contributed by atoms with Crippen LogP contribution >= 0.6 is 0 Å². The van der Waals surface area contributed by atoms with E-state index in [-0.39, 0.29) is 5.41 Å². The number of hydrogen-bond acceptors (Lipinski definition) is 2. The SMILES string of the molecule is C1=C(N2CCOCC2)c2ccccc2C12c1ccccc1-c1ccccc12. The fourth-order valence-electron chi connectivity index (χ4n) is 5.19. The summed E-state index contributed by atoms with van der Waals surface area (Å²) < 4.78 is 5.61. The van der Waals surface area contributed by atoms with E-state index in [9.17, 15) is 0 Å². The van der Waals surface area contributed by atoms with Crippen LogP contribution in [0.5, 0.6) is 0 Å². The highest BCUT2D eigenvalue weighted by Gasteiger charge is 2.48. The molecular weight excluding hydrogens is 330 g/mol. The van der Waals surface area contributed by atoms with Gasteiger partial charge >= 0.3 is 0 Å². The van der Waals surface area contributed by atoms with E-state index in [4.69, 9.17) is 4.74 Å². The van der Waals surface area contributed by atoms with Crippen LogP contribution in [0.25, 0.3) is 16.8 Å². The summed E-state index contributed by atoms with van der Waals surface area (Å²) in [6.45, 7) is 3.53. The van der Waals surface area contributed by atoms with Gasteiger partial charge in [0.1, 0.15) is 0 Å². The highest BCUT2D eigenvalue weighted by Crippen LogP contribution is 2.58. The average molecular weight is 351 g/mol. The van der Waals surface area contributed by atoms with Gasteiger partial charge in [0.15, 0.2) is 0 Å². The van der Waals surface area contributed by atoms with Crippen LogP contribution in [0.2, 0.25) is 0 Å². The maximum Gasteiger partial charge on any atom is 0.0673 e. The topological polar surface area (TPSA) is 12.5 Å². The second-order valence-corrected chi connectivity index (χ2v) is 7.57. The van der Waals surface area contributed by atoms with Gasteiger partial charge in [0.25, 0.3) is 0 Å². The van der Waals surface area contributed by atoms with Crippen LogP contribution in [0.4, 0.5) is 0 Å². The number of fused-ring (bicyclic) bond motifs is 7. The zero-order valence-electron chi connectivity index (χ0n) is 15.2. The molecule has 0 saturated carbocycles. The smallest absolute Gasteiger partial charge is 0.0673 e. The summed E-state index contributed by atoms with van der Waals surface area (Å²) in [5, 5.41) is 0. The molecule has 0 N–H and O–H groups in total. The Kier molecular flexibility index (Phi) is 3.15. The molecule has 1 heterocycles. The van der Waals surface area contributed by atoms with Crippen molar-refractivity contribution in [1.82, 2.24) is 4.90 Å². The summed E-state index contributed by atoms with van der Waals surface area (Å²) >= 11 is 0. The molecule has 0 radical (unpaired) electrons. The Morgan fingerprint density at radius 1 is 0.630 bits per heavy atom. The van der Waals surface area contributed by atoms with Crippen LogP contribution in [0.1, 0.15) is 22.3 Å². The molecule has 0 unspecified atom stereocenters. The lowest BCUT2D eigenvalue weighted by Crippen LogP contribution is -2.34. The van der Waals surface area contributed by atoms with Crippen LogP contribution in [-0.2, 0) is 10.2 Å². The van der Waals surface area contributed by atoms with Gasteiger partial charge in [-0.25, -0.2) is 0 Å². The van der Waals surface area contributed by atoms with Crippen LogP contribution in [0.3, 0.4) is 0 Å². The first-order chi connectivity index (χ1) is 13.4. The Morgan fingerprint density at radius 3 is 1.70 bits per heavy atom. The predicted octanol–water partition coefficient (Wildman–Crippen LogP) is 4.69. The highest BCUT2D eigenvalue weighted by atomic mass is 16.5. The van der Waals surface area contributed by atoms with Crippen LogP contribution in [0, 0.1) is 0 Å². The molecule has 1 aliphatic heterocycles. The van der Waals surface area contributed by atoms with E-state index in [2.05, 4.69) is 83.8 Å². The van der Waals surface area contributed by atoms with E-state index in [1.807, 2.05) is 0 Å². The molecule has 27 heavy (non-hydrogen) atoms. The molecule has 1 fully saturated rings. The van der Waals surface area contributed by atoms with E-state index in [0.29, 0.717) is 0 Å². The number of benzene rings is 3. The zero-order chi connectivity index (χ0) is 17.8. The Hall–Kier alpha value is -2.84. The standard InChI is InChI=1S/C25H21NO/c1-4-10-21-18(7-1)19-8-2-5-11-22(19)25(21)17-24(26-13-15-27-16-14-26)20-9-3-6-12-23(20)25/h1-12,17H,13-16H2. The lowest BCUT2D eigenvalue weighted by Gasteiger charge is -2.30. The molecule has 0 bridgehead atoms. The van der Waals surface area contributed by atoms with Crippen molar-refractivity contribution in [3.63, 3.8) is 0 Å². The summed E-state index contributed by atoms with van der Waals surface area (Å²) in [7, 11) is 0. The first-order valence-corrected chi connectivity index (χ1v) is 9.74. The second kappa shape index (κ2) is 5.58. The number of ether oxygens (including phenoxy) is 1. The lowest BCUT2D eigenvalue weighted by atomic mass is 9.74. The van der Waals surface area contributed by atoms with Gasteiger partial charge in [-0.15, -0.1) is 0 Å². The minimum absolute atomic E-state index is 0.183. The number of rotatable bonds is 1. The van der Waals surface area contributed by atoms with Crippen molar-refractivity contribution in [3.8, 4) is 11.1 Å². The Labute approximate surface area is 159 Å². The van der Waals surface area contributed by atoms with E-state index in [1.165, 1.54) is 39.1 Å². The zero-order valence-corrected chi connectivity index (χ0v) is 15.2. The minimum atomic E-state index is -0.183. The van der Waals surface area contributed by atoms with Gasteiger partial charge in [-0.2, -0.15) is 0 Å². The summed E-state index contributed by atoms with van der Waals surface area (Å²) in [4.78, 5) is 2.50. The van der Waals surface area contributed by atoms with Crippen molar-refractivity contribution in [2.75, 3.05) is 26.3 Å². The summed E-state index contributed by atoms with van der Waals surface area (Å²) in [6, 6.07) is 26.8. The van der Waals surface area contributed by atoms with Crippen LogP contribution in [-0.4, -0.2) is 31.2 Å². The number of morpholine rings is 1. The lowest BCUT2D eigenvalue weighted by molar-refractivity contribution is 0.0640. The summed E-state index contributed by atoms with van der Waals surface area (Å²) in [5.41, 5.74) is 9.49. The molecule has 1 spiro atoms. The molecule has 1 saturated heterocycles. The van der Waals surface area contributed by atoms with E-state index < -0.39 is 0 Å².